The Morgan fingerprint density at radius 2 is 0.927 bits per heavy atom. The van der Waals surface area contributed by atoms with E-state index in [4.69, 9.17) is 0 Å². The van der Waals surface area contributed by atoms with Gasteiger partial charge in [0, 0.05) is 57.3 Å². The van der Waals surface area contributed by atoms with E-state index in [0.29, 0.717) is 0 Å². The second-order valence-corrected chi connectivity index (χ2v) is 16.3. The maximum absolute atomic E-state index is 2.43. The number of para-hydroxylation sites is 1. The zero-order chi connectivity index (χ0) is 36.3. The van der Waals surface area contributed by atoms with Crippen molar-refractivity contribution in [1.82, 2.24) is 0 Å². The highest BCUT2D eigenvalue weighted by Gasteiger charge is 2.20. The summed E-state index contributed by atoms with van der Waals surface area (Å²) in [5.74, 6) is 0. The van der Waals surface area contributed by atoms with Gasteiger partial charge in [0.1, 0.15) is 0 Å². The smallest absolute Gasteiger partial charge is 0.0540 e. The largest absolute Gasteiger partial charge is 0.310 e. The normalized spacial score (nSPS) is 11.6. The molecule has 1 nitrogen and oxygen atoms in total. The molecule has 2 heterocycles. The molecule has 0 saturated carbocycles. The minimum absolute atomic E-state index is 1.11. The van der Waals surface area contributed by atoms with Crippen molar-refractivity contribution >= 4 is 90.9 Å². The number of nitrogens with zero attached hydrogens (tertiary/aromatic N) is 1. The summed E-state index contributed by atoms with van der Waals surface area (Å²) in [6, 6.07) is 73.5. The quantitative estimate of drug-likeness (QED) is 0.164. The molecule has 0 saturated heterocycles. The van der Waals surface area contributed by atoms with Gasteiger partial charge < -0.3 is 4.90 Å². The standard InChI is InChI=1S/C52H33NS2/c1-2-12-36-31-37(24-23-34(36)11-1)35-25-28-40(29-26-35)53(41-14-9-13-38(32-41)43-18-10-22-50-52(43)46-17-5-8-21-49(46)54-50)47-19-6-3-15-42(47)39-27-30-45-44-16-4-7-20-48(44)55-51(45)33-39/h1-33H. The van der Waals surface area contributed by atoms with Crippen LogP contribution >= 0.6 is 22.7 Å². The van der Waals surface area contributed by atoms with E-state index in [0.717, 1.165) is 17.1 Å². The molecule has 11 aromatic rings. The van der Waals surface area contributed by atoms with Crippen LogP contribution in [0.15, 0.2) is 200 Å². The first-order chi connectivity index (χ1) is 27.2. The lowest BCUT2D eigenvalue weighted by atomic mass is 9.97. The van der Waals surface area contributed by atoms with Crippen molar-refractivity contribution < 1.29 is 0 Å². The van der Waals surface area contributed by atoms with Gasteiger partial charge in [-0.05, 0) is 99.3 Å². The molecule has 0 bridgehead atoms. The second-order valence-electron chi connectivity index (χ2n) is 14.1. The Hall–Kier alpha value is -6.52. The summed E-state index contributed by atoms with van der Waals surface area (Å²) in [5, 5.41) is 7.77. The van der Waals surface area contributed by atoms with E-state index in [-0.39, 0.29) is 0 Å². The molecule has 0 N–H and O–H groups in total. The van der Waals surface area contributed by atoms with E-state index < -0.39 is 0 Å². The summed E-state index contributed by atoms with van der Waals surface area (Å²) >= 11 is 3.73. The van der Waals surface area contributed by atoms with E-state index >= 15 is 0 Å². The highest BCUT2D eigenvalue weighted by Crippen LogP contribution is 2.46. The van der Waals surface area contributed by atoms with Crippen molar-refractivity contribution in [3.05, 3.63) is 200 Å². The topological polar surface area (TPSA) is 3.24 Å². The summed E-state index contributed by atoms with van der Waals surface area (Å²) in [5.41, 5.74) is 10.6. The van der Waals surface area contributed by atoms with Crippen molar-refractivity contribution in [1.29, 1.82) is 0 Å². The Morgan fingerprint density at radius 3 is 1.82 bits per heavy atom. The SMILES string of the molecule is c1cc(-c2cccc3sc4ccccc4c23)cc(N(c2ccc(-c3ccc4ccccc4c3)cc2)c2ccccc2-c2ccc3c(c2)sc2ccccc23)c1. The second kappa shape index (κ2) is 13.1. The molecule has 0 aliphatic heterocycles. The van der Waals surface area contributed by atoms with Crippen LogP contribution in [0.5, 0.6) is 0 Å². The maximum atomic E-state index is 2.43. The minimum atomic E-state index is 1.11. The molecule has 0 fully saturated rings. The number of hydrogen-bond acceptors (Lipinski definition) is 3. The lowest BCUT2D eigenvalue weighted by Crippen LogP contribution is -2.11. The monoisotopic (exact) mass is 735 g/mol. The van der Waals surface area contributed by atoms with Gasteiger partial charge in [-0.3, -0.25) is 0 Å². The van der Waals surface area contributed by atoms with Crippen LogP contribution in [0.4, 0.5) is 17.1 Å². The molecule has 2 aromatic heterocycles. The van der Waals surface area contributed by atoms with E-state index in [1.165, 1.54) is 84.5 Å². The van der Waals surface area contributed by atoms with Crippen LogP contribution in [0.2, 0.25) is 0 Å². The van der Waals surface area contributed by atoms with E-state index in [9.17, 15) is 0 Å². The van der Waals surface area contributed by atoms with Gasteiger partial charge in [0.2, 0.25) is 0 Å². The first-order valence-corrected chi connectivity index (χ1v) is 20.3. The van der Waals surface area contributed by atoms with Crippen LogP contribution in [0.3, 0.4) is 0 Å². The van der Waals surface area contributed by atoms with Crippen molar-refractivity contribution in [2.45, 2.75) is 0 Å². The fraction of sp³-hybridized carbons (Fsp3) is 0. The van der Waals surface area contributed by atoms with Crippen molar-refractivity contribution in [2.24, 2.45) is 0 Å². The van der Waals surface area contributed by atoms with Gasteiger partial charge in [0.05, 0.1) is 5.69 Å². The molecule has 9 aromatic carbocycles. The highest BCUT2D eigenvalue weighted by atomic mass is 32.1. The van der Waals surface area contributed by atoms with E-state index in [1.54, 1.807) is 0 Å². The number of anilines is 3. The average Bonchev–Trinajstić information content (AvgIpc) is 3.82. The van der Waals surface area contributed by atoms with E-state index in [1.807, 2.05) is 22.7 Å². The summed E-state index contributed by atoms with van der Waals surface area (Å²) in [7, 11) is 0. The molecule has 0 unspecified atom stereocenters. The zero-order valence-corrected chi connectivity index (χ0v) is 31.4. The number of fused-ring (bicyclic) bond motifs is 7. The molecular weight excluding hydrogens is 703 g/mol. The third kappa shape index (κ3) is 5.51. The third-order valence-electron chi connectivity index (χ3n) is 10.9. The van der Waals surface area contributed by atoms with Crippen LogP contribution in [-0.2, 0) is 0 Å². The molecular formula is C52H33NS2. The fourth-order valence-electron chi connectivity index (χ4n) is 8.23. The van der Waals surface area contributed by atoms with Crippen LogP contribution in [0.25, 0.3) is 84.5 Å². The zero-order valence-electron chi connectivity index (χ0n) is 29.8. The first-order valence-electron chi connectivity index (χ1n) is 18.7. The predicted molar refractivity (Wildman–Crippen MR) is 241 cm³/mol. The Bertz CT molecular complexity index is 3220. The maximum Gasteiger partial charge on any atom is 0.0540 e. The Morgan fingerprint density at radius 1 is 0.309 bits per heavy atom. The molecule has 0 aliphatic rings. The Kier molecular flexibility index (Phi) is 7.61. The van der Waals surface area contributed by atoms with Gasteiger partial charge in [-0.1, -0.05) is 140 Å². The molecule has 0 aliphatic carbocycles. The number of hydrogen-bond donors (Lipinski definition) is 0. The summed E-state index contributed by atoms with van der Waals surface area (Å²) < 4.78 is 5.25. The molecule has 11 rings (SSSR count). The highest BCUT2D eigenvalue weighted by molar-refractivity contribution is 7.26. The van der Waals surface area contributed by atoms with Crippen molar-refractivity contribution in [3.63, 3.8) is 0 Å². The lowest BCUT2D eigenvalue weighted by Gasteiger charge is -2.28. The average molecular weight is 736 g/mol. The van der Waals surface area contributed by atoms with Crippen LogP contribution in [0, 0.1) is 0 Å². The van der Waals surface area contributed by atoms with E-state index in [2.05, 4.69) is 205 Å². The molecule has 55 heavy (non-hydrogen) atoms. The van der Waals surface area contributed by atoms with Crippen LogP contribution in [0.1, 0.15) is 0 Å². The van der Waals surface area contributed by atoms with Crippen LogP contribution < -0.4 is 4.90 Å². The Labute approximate surface area is 327 Å². The van der Waals surface area contributed by atoms with Gasteiger partial charge in [-0.2, -0.15) is 0 Å². The fourth-order valence-corrected chi connectivity index (χ4v) is 10.5. The lowest BCUT2D eigenvalue weighted by molar-refractivity contribution is 1.28. The molecule has 0 spiro atoms. The predicted octanol–water partition coefficient (Wildman–Crippen LogP) is 16.0. The number of rotatable bonds is 6. The molecule has 258 valence electrons. The number of benzene rings is 9. The van der Waals surface area contributed by atoms with Crippen molar-refractivity contribution in [2.75, 3.05) is 4.90 Å². The molecule has 0 amide bonds. The van der Waals surface area contributed by atoms with Crippen molar-refractivity contribution in [3.8, 4) is 33.4 Å². The van der Waals surface area contributed by atoms with Gasteiger partial charge in [-0.25, -0.2) is 0 Å². The molecule has 3 heteroatoms. The summed E-state index contributed by atoms with van der Waals surface area (Å²) in [6.07, 6.45) is 0. The van der Waals surface area contributed by atoms with Gasteiger partial charge in [0.25, 0.3) is 0 Å². The van der Waals surface area contributed by atoms with Gasteiger partial charge >= 0.3 is 0 Å². The third-order valence-corrected chi connectivity index (χ3v) is 13.1. The van der Waals surface area contributed by atoms with Gasteiger partial charge in [0.15, 0.2) is 0 Å². The summed E-state index contributed by atoms with van der Waals surface area (Å²) in [4.78, 5) is 2.43. The molecule has 0 atom stereocenters. The first kappa shape index (κ1) is 32.0. The number of thiophene rings is 2. The summed E-state index contributed by atoms with van der Waals surface area (Å²) in [6.45, 7) is 0. The minimum Gasteiger partial charge on any atom is -0.310 e. The van der Waals surface area contributed by atoms with Crippen LogP contribution in [-0.4, -0.2) is 0 Å². The Balaban J connectivity index is 1.08. The molecule has 0 radical (unpaired) electrons. The van der Waals surface area contributed by atoms with Gasteiger partial charge in [-0.15, -0.1) is 22.7 Å².